The number of carbonyl (C=O) groups excluding carboxylic acids is 2. The van der Waals surface area contributed by atoms with Crippen LogP contribution in [0, 0.1) is 10.1 Å². The Hall–Kier alpha value is -1.89. The number of nitro groups is 1. The molecule has 0 spiro atoms. The number of aryl methyl sites for hydroxylation is 1. The zero-order valence-corrected chi connectivity index (χ0v) is 14.7. The van der Waals surface area contributed by atoms with Gasteiger partial charge in [-0.05, 0) is 30.6 Å². The summed E-state index contributed by atoms with van der Waals surface area (Å²) in [7, 11) is 1.28. The summed E-state index contributed by atoms with van der Waals surface area (Å²) in [6.07, 6.45) is 5.04. The number of methoxy groups -OCH3 is 1. The summed E-state index contributed by atoms with van der Waals surface area (Å²) in [4.78, 5) is 32.5. The number of unbranched alkanes of at least 4 members (excludes halogenated alkanes) is 3. The lowest BCUT2D eigenvalue weighted by atomic mass is 10.1. The molecule has 0 radical (unpaired) electrons. The lowest BCUT2D eigenvalue weighted by molar-refractivity contribution is -0.384. The molecule has 132 valence electrons. The highest BCUT2D eigenvalue weighted by Crippen LogP contribution is 2.15. The van der Waals surface area contributed by atoms with E-state index >= 15 is 0 Å². The summed E-state index contributed by atoms with van der Waals surface area (Å²) < 4.78 is 4.44. The topological polar surface area (TPSA) is 86.5 Å². The minimum absolute atomic E-state index is 0.0926. The predicted octanol–water partition coefficient (Wildman–Crippen LogP) is 3.56. The number of ether oxygens (including phenoxy) is 1. The quantitative estimate of drug-likeness (QED) is 0.188. The summed E-state index contributed by atoms with van der Waals surface area (Å²) in [5.41, 5.74) is 1.24. The number of nitro benzene ring substituents is 1. The Bertz CT molecular complexity index is 544. The van der Waals surface area contributed by atoms with E-state index in [1.54, 1.807) is 23.9 Å². The van der Waals surface area contributed by atoms with Crippen molar-refractivity contribution < 1.29 is 19.2 Å². The molecule has 0 fully saturated rings. The van der Waals surface area contributed by atoms with Gasteiger partial charge in [0.25, 0.3) is 5.69 Å². The third kappa shape index (κ3) is 8.67. The molecule has 0 saturated carbocycles. The number of hydrogen-bond acceptors (Lipinski definition) is 6. The van der Waals surface area contributed by atoms with Gasteiger partial charge in [-0.3, -0.25) is 19.7 Å². The fourth-order valence-electron chi connectivity index (χ4n) is 2.14. The molecule has 7 heteroatoms. The van der Waals surface area contributed by atoms with Crippen LogP contribution in [0.3, 0.4) is 0 Å². The van der Waals surface area contributed by atoms with Crippen molar-refractivity contribution in [1.82, 2.24) is 0 Å². The van der Waals surface area contributed by atoms with E-state index < -0.39 is 10.9 Å². The molecule has 0 aliphatic heterocycles. The number of rotatable bonds is 12. The lowest BCUT2D eigenvalue weighted by Gasteiger charge is -2.03. The first kappa shape index (κ1) is 20.2. The van der Waals surface area contributed by atoms with Crippen LogP contribution in [0.1, 0.15) is 37.7 Å². The highest BCUT2D eigenvalue weighted by Gasteiger charge is 2.09. The fraction of sp³-hybridized carbons (Fsp3) is 0.529. The van der Waals surface area contributed by atoms with Crippen LogP contribution in [0.15, 0.2) is 24.3 Å². The number of carbonyl (C=O) groups is 2. The van der Waals surface area contributed by atoms with E-state index in [0.717, 1.165) is 43.4 Å². The van der Waals surface area contributed by atoms with Gasteiger partial charge in [0.2, 0.25) is 0 Å². The van der Waals surface area contributed by atoms with Gasteiger partial charge in [-0.15, -0.1) is 0 Å². The first-order valence-electron chi connectivity index (χ1n) is 7.92. The number of esters is 1. The van der Waals surface area contributed by atoms with E-state index in [-0.39, 0.29) is 17.9 Å². The largest absolute Gasteiger partial charge is 0.469 e. The van der Waals surface area contributed by atoms with E-state index in [9.17, 15) is 19.7 Å². The summed E-state index contributed by atoms with van der Waals surface area (Å²) in [5.74, 6) is 0.694. The minimum Gasteiger partial charge on any atom is -0.469 e. The van der Waals surface area contributed by atoms with Gasteiger partial charge in [-0.1, -0.05) is 25.0 Å². The molecule has 0 aliphatic rings. The van der Waals surface area contributed by atoms with Crippen molar-refractivity contribution in [3.05, 3.63) is 39.9 Å². The SMILES string of the molecule is COC(=O)CC(=O)CSCCCCCCc1ccc([N+](=O)[O-])cc1. The Balaban J connectivity index is 2.01. The zero-order chi connectivity index (χ0) is 17.8. The Labute approximate surface area is 146 Å². The van der Waals surface area contributed by atoms with E-state index in [0.29, 0.717) is 5.75 Å². The summed E-state index contributed by atoms with van der Waals surface area (Å²) in [6.45, 7) is 0. The number of thioether (sulfide) groups is 1. The maximum absolute atomic E-state index is 11.4. The third-order valence-corrected chi connectivity index (χ3v) is 4.59. The van der Waals surface area contributed by atoms with Crippen LogP contribution < -0.4 is 0 Å². The minimum atomic E-state index is -0.480. The predicted molar refractivity (Wildman–Crippen MR) is 94.2 cm³/mol. The molecule has 0 unspecified atom stereocenters. The maximum atomic E-state index is 11.4. The van der Waals surface area contributed by atoms with Gasteiger partial charge >= 0.3 is 5.97 Å². The first-order valence-corrected chi connectivity index (χ1v) is 9.08. The number of nitrogens with zero attached hydrogens (tertiary/aromatic N) is 1. The van der Waals surface area contributed by atoms with Crippen molar-refractivity contribution in [2.75, 3.05) is 18.6 Å². The van der Waals surface area contributed by atoms with Gasteiger partial charge < -0.3 is 4.74 Å². The first-order chi connectivity index (χ1) is 11.5. The van der Waals surface area contributed by atoms with Crippen molar-refractivity contribution in [1.29, 1.82) is 0 Å². The molecule has 0 N–H and O–H groups in total. The highest BCUT2D eigenvalue weighted by molar-refractivity contribution is 7.99. The van der Waals surface area contributed by atoms with Crippen LogP contribution in [0.5, 0.6) is 0 Å². The fourth-order valence-corrected chi connectivity index (χ4v) is 3.02. The zero-order valence-electron chi connectivity index (χ0n) is 13.9. The molecule has 0 aromatic heterocycles. The van der Waals surface area contributed by atoms with Crippen LogP contribution in [0.2, 0.25) is 0 Å². The van der Waals surface area contributed by atoms with E-state index in [2.05, 4.69) is 4.74 Å². The van der Waals surface area contributed by atoms with Gasteiger partial charge in [0.1, 0.15) is 6.42 Å². The van der Waals surface area contributed by atoms with Crippen molar-refractivity contribution in [2.24, 2.45) is 0 Å². The van der Waals surface area contributed by atoms with Crippen molar-refractivity contribution >= 4 is 29.2 Å². The second kappa shape index (κ2) is 11.6. The molecule has 0 amide bonds. The molecule has 1 aromatic carbocycles. The molecule has 0 heterocycles. The molecule has 1 aromatic rings. The summed E-state index contributed by atoms with van der Waals surface area (Å²) in [5, 5.41) is 10.6. The average molecular weight is 353 g/mol. The summed E-state index contributed by atoms with van der Waals surface area (Å²) >= 11 is 1.55. The van der Waals surface area contributed by atoms with Crippen LogP contribution in [-0.4, -0.2) is 35.3 Å². The monoisotopic (exact) mass is 353 g/mol. The van der Waals surface area contributed by atoms with Gasteiger partial charge in [0, 0.05) is 12.1 Å². The second-order valence-corrected chi connectivity index (χ2v) is 6.54. The third-order valence-electron chi connectivity index (χ3n) is 3.48. The van der Waals surface area contributed by atoms with E-state index in [1.807, 2.05) is 0 Å². The molecule has 6 nitrogen and oxygen atoms in total. The van der Waals surface area contributed by atoms with Gasteiger partial charge in [0.05, 0.1) is 17.8 Å². The van der Waals surface area contributed by atoms with Crippen molar-refractivity contribution in [2.45, 2.75) is 38.5 Å². The molecule has 0 saturated heterocycles. The Morgan fingerprint density at radius 2 is 1.79 bits per heavy atom. The Kier molecular flexibility index (Phi) is 9.76. The van der Waals surface area contributed by atoms with E-state index in [1.165, 1.54) is 19.2 Å². The van der Waals surface area contributed by atoms with Crippen LogP contribution in [-0.2, 0) is 20.7 Å². The van der Waals surface area contributed by atoms with Crippen LogP contribution in [0.4, 0.5) is 5.69 Å². The number of hydrogen-bond donors (Lipinski definition) is 0. The molecule has 0 aliphatic carbocycles. The van der Waals surface area contributed by atoms with E-state index in [4.69, 9.17) is 0 Å². The molecular formula is C17H23NO5S. The highest BCUT2D eigenvalue weighted by atomic mass is 32.2. The lowest BCUT2D eigenvalue weighted by Crippen LogP contribution is -2.11. The van der Waals surface area contributed by atoms with Crippen molar-refractivity contribution in [3.63, 3.8) is 0 Å². The molecule has 0 atom stereocenters. The second-order valence-electron chi connectivity index (χ2n) is 5.43. The van der Waals surface area contributed by atoms with Gasteiger partial charge in [0.15, 0.2) is 5.78 Å². The average Bonchev–Trinajstić information content (AvgIpc) is 2.57. The number of benzene rings is 1. The smallest absolute Gasteiger partial charge is 0.313 e. The maximum Gasteiger partial charge on any atom is 0.313 e. The Morgan fingerprint density at radius 3 is 2.42 bits per heavy atom. The molecular weight excluding hydrogens is 330 g/mol. The normalized spacial score (nSPS) is 10.4. The van der Waals surface area contributed by atoms with Crippen molar-refractivity contribution in [3.8, 4) is 0 Å². The molecule has 24 heavy (non-hydrogen) atoms. The number of ketones is 1. The molecule has 1 rings (SSSR count). The molecule has 0 bridgehead atoms. The Morgan fingerprint density at radius 1 is 1.12 bits per heavy atom. The van der Waals surface area contributed by atoms with Crippen LogP contribution >= 0.6 is 11.8 Å². The van der Waals surface area contributed by atoms with Gasteiger partial charge in [-0.25, -0.2) is 0 Å². The standard InChI is InChI=1S/C17H23NO5S/c1-23-17(20)12-16(19)13-24-11-5-3-2-4-6-14-7-9-15(10-8-14)18(21)22/h7-10H,2-6,11-13H2,1H3. The van der Waals surface area contributed by atoms with Gasteiger partial charge in [-0.2, -0.15) is 11.8 Å². The van der Waals surface area contributed by atoms with Crippen LogP contribution in [0.25, 0.3) is 0 Å². The number of Topliss-reactive ketones (excluding diaryl/α,β-unsaturated/α-hetero) is 1. The summed E-state index contributed by atoms with van der Waals surface area (Å²) in [6, 6.07) is 6.69. The number of non-ortho nitro benzene ring substituents is 1.